The summed E-state index contributed by atoms with van der Waals surface area (Å²) in [5, 5.41) is 0.175. The SMILES string of the molecule is Cc1cccc(NS(=O)(=O)c2ccc(Br)cc2Cl)c1. The van der Waals surface area contributed by atoms with Gasteiger partial charge in [-0.15, -0.1) is 0 Å². The molecule has 0 aliphatic carbocycles. The van der Waals surface area contributed by atoms with Crippen LogP contribution in [0.3, 0.4) is 0 Å². The summed E-state index contributed by atoms with van der Waals surface area (Å²) in [6.07, 6.45) is 0. The van der Waals surface area contributed by atoms with Gasteiger partial charge in [0.1, 0.15) is 4.90 Å². The zero-order valence-corrected chi connectivity index (χ0v) is 13.2. The molecule has 0 amide bonds. The number of hydrogen-bond donors (Lipinski definition) is 1. The van der Waals surface area contributed by atoms with Crippen LogP contribution >= 0.6 is 27.5 Å². The molecular formula is C13H11BrClNO2S. The van der Waals surface area contributed by atoms with Crippen molar-refractivity contribution in [2.24, 2.45) is 0 Å². The van der Waals surface area contributed by atoms with Crippen molar-refractivity contribution >= 4 is 43.2 Å². The number of hydrogen-bond acceptors (Lipinski definition) is 2. The van der Waals surface area contributed by atoms with Gasteiger partial charge < -0.3 is 0 Å². The normalized spacial score (nSPS) is 11.3. The van der Waals surface area contributed by atoms with Gasteiger partial charge in [0, 0.05) is 10.2 Å². The van der Waals surface area contributed by atoms with E-state index in [9.17, 15) is 8.42 Å². The van der Waals surface area contributed by atoms with Crippen LogP contribution in [-0.4, -0.2) is 8.42 Å². The molecule has 0 aromatic heterocycles. The van der Waals surface area contributed by atoms with Gasteiger partial charge in [-0.1, -0.05) is 39.7 Å². The lowest BCUT2D eigenvalue weighted by atomic mass is 10.2. The molecule has 0 aliphatic heterocycles. The third-order valence-electron chi connectivity index (χ3n) is 2.45. The summed E-state index contributed by atoms with van der Waals surface area (Å²) >= 11 is 9.20. The van der Waals surface area contributed by atoms with Crippen LogP contribution in [0.15, 0.2) is 51.8 Å². The van der Waals surface area contributed by atoms with E-state index in [0.717, 1.165) is 10.0 Å². The fraction of sp³-hybridized carbons (Fsp3) is 0.0769. The van der Waals surface area contributed by atoms with Crippen molar-refractivity contribution in [2.75, 3.05) is 4.72 Å². The molecule has 1 N–H and O–H groups in total. The molecule has 0 aliphatic rings. The molecule has 0 heterocycles. The van der Waals surface area contributed by atoms with Gasteiger partial charge in [0.15, 0.2) is 0 Å². The summed E-state index contributed by atoms with van der Waals surface area (Å²) < 4.78 is 27.7. The van der Waals surface area contributed by atoms with Crippen LogP contribution in [0.1, 0.15) is 5.56 Å². The first kappa shape index (κ1) is 14.4. The molecule has 3 nitrogen and oxygen atoms in total. The van der Waals surface area contributed by atoms with E-state index in [2.05, 4.69) is 20.7 Å². The van der Waals surface area contributed by atoms with Crippen molar-refractivity contribution in [1.29, 1.82) is 0 Å². The number of nitrogens with one attached hydrogen (secondary N) is 1. The highest BCUT2D eigenvalue weighted by atomic mass is 79.9. The highest BCUT2D eigenvalue weighted by molar-refractivity contribution is 9.10. The van der Waals surface area contributed by atoms with E-state index in [1.807, 2.05) is 13.0 Å². The monoisotopic (exact) mass is 359 g/mol. The minimum absolute atomic E-state index is 0.0545. The van der Waals surface area contributed by atoms with Crippen LogP contribution in [-0.2, 0) is 10.0 Å². The minimum atomic E-state index is -3.68. The van der Waals surface area contributed by atoms with E-state index in [-0.39, 0.29) is 9.92 Å². The van der Waals surface area contributed by atoms with Crippen LogP contribution in [0.2, 0.25) is 5.02 Å². The Balaban J connectivity index is 2.38. The molecule has 0 fully saturated rings. The summed E-state index contributed by atoms with van der Waals surface area (Å²) in [6, 6.07) is 11.8. The Labute approximate surface area is 125 Å². The van der Waals surface area contributed by atoms with E-state index >= 15 is 0 Å². The third kappa shape index (κ3) is 3.49. The third-order valence-corrected chi connectivity index (χ3v) is 4.81. The zero-order chi connectivity index (χ0) is 14.0. The van der Waals surface area contributed by atoms with E-state index < -0.39 is 10.0 Å². The summed E-state index contributed by atoms with van der Waals surface area (Å²) in [5.74, 6) is 0. The Bertz CT molecular complexity index is 716. The van der Waals surface area contributed by atoms with Gasteiger partial charge in [-0.05, 0) is 42.8 Å². The van der Waals surface area contributed by atoms with Gasteiger partial charge in [0.25, 0.3) is 10.0 Å². The first-order chi connectivity index (χ1) is 8.88. The molecule has 0 radical (unpaired) electrons. The number of halogens is 2. The maximum Gasteiger partial charge on any atom is 0.263 e. The second kappa shape index (κ2) is 5.53. The quantitative estimate of drug-likeness (QED) is 0.891. The van der Waals surface area contributed by atoms with E-state index in [1.54, 1.807) is 30.3 Å². The van der Waals surface area contributed by atoms with E-state index in [4.69, 9.17) is 11.6 Å². The number of rotatable bonds is 3. The van der Waals surface area contributed by atoms with Crippen LogP contribution in [0.25, 0.3) is 0 Å². The van der Waals surface area contributed by atoms with Gasteiger partial charge in [0.2, 0.25) is 0 Å². The molecule has 0 bridgehead atoms. The predicted molar refractivity (Wildman–Crippen MR) is 81.1 cm³/mol. The summed E-state index contributed by atoms with van der Waals surface area (Å²) in [5.41, 5.74) is 1.49. The molecule has 0 unspecified atom stereocenters. The average molecular weight is 361 g/mol. The van der Waals surface area contributed by atoms with Gasteiger partial charge >= 0.3 is 0 Å². The smallest absolute Gasteiger partial charge is 0.263 e. The number of aryl methyl sites for hydroxylation is 1. The van der Waals surface area contributed by atoms with E-state index in [0.29, 0.717) is 5.69 Å². The second-order valence-electron chi connectivity index (χ2n) is 4.05. The Kier molecular flexibility index (Phi) is 4.18. The standard InChI is InChI=1S/C13H11BrClNO2S/c1-9-3-2-4-11(7-9)16-19(17,18)13-6-5-10(14)8-12(13)15/h2-8,16H,1H3. The molecule has 2 rings (SSSR count). The number of anilines is 1. The van der Waals surface area contributed by atoms with Crippen LogP contribution < -0.4 is 4.72 Å². The molecule has 6 heteroatoms. The maximum absolute atomic E-state index is 12.2. The van der Waals surface area contributed by atoms with Crippen molar-refractivity contribution in [3.05, 3.63) is 57.5 Å². The summed E-state index contributed by atoms with van der Waals surface area (Å²) in [4.78, 5) is 0.0545. The molecule has 2 aromatic rings. The van der Waals surface area contributed by atoms with Crippen molar-refractivity contribution in [3.8, 4) is 0 Å². The van der Waals surface area contributed by atoms with Crippen LogP contribution in [0.5, 0.6) is 0 Å². The predicted octanol–water partition coefficient (Wildman–Crippen LogP) is 4.21. The second-order valence-corrected chi connectivity index (χ2v) is 7.02. The van der Waals surface area contributed by atoms with Crippen LogP contribution in [0.4, 0.5) is 5.69 Å². The fourth-order valence-electron chi connectivity index (χ4n) is 1.61. The van der Waals surface area contributed by atoms with Gasteiger partial charge in [0.05, 0.1) is 5.02 Å². The van der Waals surface area contributed by atoms with Crippen LogP contribution in [0, 0.1) is 6.92 Å². The lowest BCUT2D eigenvalue weighted by molar-refractivity contribution is 0.601. The topological polar surface area (TPSA) is 46.2 Å². The summed E-state index contributed by atoms with van der Waals surface area (Å²) in [6.45, 7) is 1.89. The lowest BCUT2D eigenvalue weighted by Gasteiger charge is -2.10. The minimum Gasteiger partial charge on any atom is -0.280 e. The fourth-order valence-corrected chi connectivity index (χ4v) is 3.70. The zero-order valence-electron chi connectivity index (χ0n) is 10.0. The molecule has 0 atom stereocenters. The molecule has 0 saturated heterocycles. The Morgan fingerprint density at radius 3 is 2.53 bits per heavy atom. The molecule has 0 saturated carbocycles. The summed E-state index contributed by atoms with van der Waals surface area (Å²) in [7, 11) is -3.68. The van der Waals surface area contributed by atoms with Gasteiger partial charge in [-0.3, -0.25) is 4.72 Å². The highest BCUT2D eigenvalue weighted by Crippen LogP contribution is 2.27. The Morgan fingerprint density at radius 1 is 1.16 bits per heavy atom. The molecule has 19 heavy (non-hydrogen) atoms. The number of benzene rings is 2. The first-order valence-corrected chi connectivity index (χ1v) is 8.08. The Morgan fingerprint density at radius 2 is 1.89 bits per heavy atom. The van der Waals surface area contributed by atoms with E-state index in [1.165, 1.54) is 6.07 Å². The largest absolute Gasteiger partial charge is 0.280 e. The van der Waals surface area contributed by atoms with Crippen molar-refractivity contribution < 1.29 is 8.42 Å². The average Bonchev–Trinajstić information content (AvgIpc) is 2.27. The molecule has 0 spiro atoms. The highest BCUT2D eigenvalue weighted by Gasteiger charge is 2.18. The Hall–Kier alpha value is -1.04. The van der Waals surface area contributed by atoms with Crippen molar-refractivity contribution in [1.82, 2.24) is 0 Å². The molecule has 100 valence electrons. The number of sulfonamides is 1. The molecular weight excluding hydrogens is 350 g/mol. The lowest BCUT2D eigenvalue weighted by Crippen LogP contribution is -2.13. The van der Waals surface area contributed by atoms with Gasteiger partial charge in [-0.2, -0.15) is 0 Å². The molecule has 2 aromatic carbocycles. The maximum atomic E-state index is 12.2. The first-order valence-electron chi connectivity index (χ1n) is 5.43. The van der Waals surface area contributed by atoms with Gasteiger partial charge in [-0.25, -0.2) is 8.42 Å². The van der Waals surface area contributed by atoms with Crippen molar-refractivity contribution in [2.45, 2.75) is 11.8 Å². The van der Waals surface area contributed by atoms with Crippen molar-refractivity contribution in [3.63, 3.8) is 0 Å².